The first-order chi connectivity index (χ1) is 8.01. The van der Waals surface area contributed by atoms with E-state index in [4.69, 9.17) is 9.84 Å². The number of hydrogen-bond donors (Lipinski definition) is 5. The molecule has 0 radical (unpaired) electrons. The van der Waals surface area contributed by atoms with Gasteiger partial charge in [-0.25, -0.2) is 0 Å². The average molecular weight is 251 g/mol. The summed E-state index contributed by atoms with van der Waals surface area (Å²) in [5.41, 5.74) is 0. The van der Waals surface area contributed by atoms with E-state index < -0.39 is 43.2 Å². The SMILES string of the molecule is COCC(=O)N[C@@H]1O[C@H](CO)[C@@H](O)[C@H](O)[C@H]1O. The maximum Gasteiger partial charge on any atom is 0.248 e. The highest BCUT2D eigenvalue weighted by Gasteiger charge is 2.43. The Kier molecular flexibility index (Phi) is 5.25. The summed E-state index contributed by atoms with van der Waals surface area (Å²) in [6.07, 6.45) is -6.66. The van der Waals surface area contributed by atoms with Crippen LogP contribution < -0.4 is 5.32 Å². The van der Waals surface area contributed by atoms with Gasteiger partial charge in [0.15, 0.2) is 6.23 Å². The topological polar surface area (TPSA) is 128 Å². The van der Waals surface area contributed by atoms with Gasteiger partial charge in [0, 0.05) is 7.11 Å². The Balaban J connectivity index is 2.62. The highest BCUT2D eigenvalue weighted by Crippen LogP contribution is 2.19. The Morgan fingerprint density at radius 2 is 1.94 bits per heavy atom. The van der Waals surface area contributed by atoms with E-state index >= 15 is 0 Å². The van der Waals surface area contributed by atoms with E-state index in [1.54, 1.807) is 0 Å². The van der Waals surface area contributed by atoms with Crippen LogP contribution in [0.25, 0.3) is 0 Å². The van der Waals surface area contributed by atoms with Gasteiger partial charge in [-0.3, -0.25) is 4.79 Å². The molecule has 5 atom stereocenters. The third-order valence-electron chi connectivity index (χ3n) is 2.47. The minimum absolute atomic E-state index is 0.227. The number of carbonyl (C=O) groups is 1. The predicted octanol–water partition coefficient (Wildman–Crippen LogP) is -3.45. The third kappa shape index (κ3) is 3.35. The molecule has 0 bridgehead atoms. The molecule has 100 valence electrons. The summed E-state index contributed by atoms with van der Waals surface area (Å²) >= 11 is 0. The van der Waals surface area contributed by atoms with Gasteiger partial charge >= 0.3 is 0 Å². The summed E-state index contributed by atoms with van der Waals surface area (Å²) in [6.45, 7) is -0.767. The molecule has 1 rings (SSSR count). The second kappa shape index (κ2) is 6.24. The Hall–Kier alpha value is -0.770. The standard InChI is InChI=1S/C9H17NO7/c1-16-3-5(12)10-9-8(15)7(14)6(13)4(2-11)17-9/h4,6-9,11,13-15H,2-3H2,1H3,(H,10,12)/t4-,6-,7+,8-,9-/m1/s1. The monoisotopic (exact) mass is 251 g/mol. The molecule has 0 saturated carbocycles. The van der Waals surface area contributed by atoms with Gasteiger partial charge in [0.2, 0.25) is 5.91 Å². The van der Waals surface area contributed by atoms with E-state index in [0.29, 0.717) is 0 Å². The van der Waals surface area contributed by atoms with Gasteiger partial charge in [0.25, 0.3) is 0 Å². The van der Waals surface area contributed by atoms with Gasteiger partial charge in [-0.15, -0.1) is 0 Å². The van der Waals surface area contributed by atoms with Crippen molar-refractivity contribution < 1.29 is 34.7 Å². The van der Waals surface area contributed by atoms with Gasteiger partial charge in [0.05, 0.1) is 6.61 Å². The van der Waals surface area contributed by atoms with Crippen molar-refractivity contribution in [3.05, 3.63) is 0 Å². The van der Waals surface area contributed by atoms with Crippen LogP contribution in [0.15, 0.2) is 0 Å². The number of ether oxygens (including phenoxy) is 2. The van der Waals surface area contributed by atoms with Gasteiger partial charge < -0.3 is 35.2 Å². The fourth-order valence-electron chi connectivity index (χ4n) is 1.55. The first kappa shape index (κ1) is 14.3. The zero-order valence-electron chi connectivity index (χ0n) is 9.31. The Morgan fingerprint density at radius 3 is 2.47 bits per heavy atom. The minimum Gasteiger partial charge on any atom is -0.394 e. The van der Waals surface area contributed by atoms with Crippen LogP contribution in [0.4, 0.5) is 0 Å². The lowest BCUT2D eigenvalue weighted by Crippen LogP contribution is -2.63. The summed E-state index contributed by atoms with van der Waals surface area (Å²) in [6, 6.07) is 0. The number of methoxy groups -OCH3 is 1. The summed E-state index contributed by atoms with van der Waals surface area (Å²) < 4.78 is 9.62. The molecule has 0 spiro atoms. The molecule has 8 heteroatoms. The van der Waals surface area contributed by atoms with Crippen LogP contribution >= 0.6 is 0 Å². The number of hydrogen-bond acceptors (Lipinski definition) is 7. The van der Waals surface area contributed by atoms with Crippen LogP contribution in [-0.2, 0) is 14.3 Å². The van der Waals surface area contributed by atoms with Crippen molar-refractivity contribution in [3.8, 4) is 0 Å². The molecule has 0 aromatic carbocycles. The molecule has 5 N–H and O–H groups in total. The molecular weight excluding hydrogens is 234 g/mol. The van der Waals surface area contributed by atoms with Gasteiger partial charge in [0.1, 0.15) is 31.0 Å². The van der Waals surface area contributed by atoms with E-state index in [9.17, 15) is 20.1 Å². The maximum atomic E-state index is 11.2. The van der Waals surface area contributed by atoms with Crippen LogP contribution in [0.2, 0.25) is 0 Å². The fourth-order valence-corrected chi connectivity index (χ4v) is 1.55. The van der Waals surface area contributed by atoms with E-state index in [0.717, 1.165) is 0 Å². The number of nitrogens with one attached hydrogen (secondary N) is 1. The number of carbonyl (C=O) groups excluding carboxylic acids is 1. The van der Waals surface area contributed by atoms with Crippen molar-refractivity contribution in [2.24, 2.45) is 0 Å². The molecule has 1 aliphatic heterocycles. The number of aliphatic hydroxyl groups excluding tert-OH is 4. The second-order valence-electron chi connectivity index (χ2n) is 3.75. The van der Waals surface area contributed by atoms with Gasteiger partial charge in [-0.05, 0) is 0 Å². The predicted molar refractivity (Wildman–Crippen MR) is 53.8 cm³/mol. The summed E-state index contributed by atoms with van der Waals surface area (Å²) in [5, 5.41) is 39.7. The third-order valence-corrected chi connectivity index (χ3v) is 2.47. The average Bonchev–Trinajstić information content (AvgIpc) is 2.30. The molecule has 0 aliphatic carbocycles. The zero-order valence-corrected chi connectivity index (χ0v) is 9.31. The molecule has 0 unspecified atom stereocenters. The molecule has 1 fully saturated rings. The Labute approximate surface area is 97.8 Å². The number of amides is 1. The molecule has 1 aliphatic rings. The van der Waals surface area contributed by atoms with Gasteiger partial charge in [-0.2, -0.15) is 0 Å². The lowest BCUT2D eigenvalue weighted by Gasteiger charge is -2.40. The normalized spacial score (nSPS) is 37.8. The molecule has 1 amide bonds. The molecule has 1 heterocycles. The van der Waals surface area contributed by atoms with Crippen LogP contribution in [0.1, 0.15) is 0 Å². The lowest BCUT2D eigenvalue weighted by molar-refractivity contribution is -0.236. The van der Waals surface area contributed by atoms with Crippen molar-refractivity contribution >= 4 is 5.91 Å². The number of rotatable bonds is 4. The van der Waals surface area contributed by atoms with Gasteiger partial charge in [-0.1, -0.05) is 0 Å². The van der Waals surface area contributed by atoms with Crippen LogP contribution in [-0.4, -0.2) is 77.3 Å². The molecule has 0 aromatic heterocycles. The lowest BCUT2D eigenvalue weighted by atomic mass is 9.98. The van der Waals surface area contributed by atoms with Crippen molar-refractivity contribution in [1.82, 2.24) is 5.32 Å². The molecule has 17 heavy (non-hydrogen) atoms. The quantitative estimate of drug-likeness (QED) is 0.351. The zero-order chi connectivity index (χ0) is 13.0. The summed E-state index contributed by atoms with van der Waals surface area (Å²) in [5.74, 6) is -0.545. The summed E-state index contributed by atoms with van der Waals surface area (Å²) in [7, 11) is 1.33. The first-order valence-electron chi connectivity index (χ1n) is 5.10. The molecule has 8 nitrogen and oxygen atoms in total. The smallest absolute Gasteiger partial charge is 0.248 e. The van der Waals surface area contributed by atoms with Crippen LogP contribution in [0.3, 0.4) is 0 Å². The van der Waals surface area contributed by atoms with E-state index in [-0.39, 0.29) is 6.61 Å². The van der Waals surface area contributed by atoms with Crippen molar-refractivity contribution in [2.45, 2.75) is 30.6 Å². The number of aliphatic hydroxyl groups is 4. The van der Waals surface area contributed by atoms with Crippen molar-refractivity contribution in [3.63, 3.8) is 0 Å². The Bertz CT molecular complexity index is 260. The largest absolute Gasteiger partial charge is 0.394 e. The second-order valence-corrected chi connectivity index (χ2v) is 3.75. The Morgan fingerprint density at radius 1 is 1.29 bits per heavy atom. The summed E-state index contributed by atoms with van der Waals surface area (Å²) in [4.78, 5) is 11.2. The van der Waals surface area contributed by atoms with E-state index in [2.05, 4.69) is 10.1 Å². The molecule has 0 aromatic rings. The van der Waals surface area contributed by atoms with Crippen molar-refractivity contribution in [1.29, 1.82) is 0 Å². The van der Waals surface area contributed by atoms with Crippen LogP contribution in [0.5, 0.6) is 0 Å². The highest BCUT2D eigenvalue weighted by molar-refractivity contribution is 5.77. The molecular formula is C9H17NO7. The van der Waals surface area contributed by atoms with E-state index in [1.807, 2.05) is 0 Å². The van der Waals surface area contributed by atoms with Crippen molar-refractivity contribution in [2.75, 3.05) is 20.3 Å². The first-order valence-corrected chi connectivity index (χ1v) is 5.10. The van der Waals surface area contributed by atoms with E-state index in [1.165, 1.54) is 7.11 Å². The fraction of sp³-hybridized carbons (Fsp3) is 0.889. The maximum absolute atomic E-state index is 11.2. The highest BCUT2D eigenvalue weighted by atomic mass is 16.6. The minimum atomic E-state index is -1.51. The van der Waals surface area contributed by atoms with Crippen LogP contribution in [0, 0.1) is 0 Å². The molecule has 1 saturated heterocycles.